The van der Waals surface area contributed by atoms with Crippen LogP contribution < -0.4 is 4.90 Å². The van der Waals surface area contributed by atoms with Crippen molar-refractivity contribution >= 4 is 22.7 Å². The summed E-state index contributed by atoms with van der Waals surface area (Å²) >= 11 is 0. The molecule has 6 heteroatoms. The van der Waals surface area contributed by atoms with E-state index in [9.17, 15) is 9.90 Å². The molecular weight excluding hydrogens is 328 g/mol. The van der Waals surface area contributed by atoms with Crippen molar-refractivity contribution in [2.45, 2.75) is 6.92 Å². The molecule has 1 saturated heterocycles. The zero-order valence-corrected chi connectivity index (χ0v) is 15.0. The number of hydrogen-bond acceptors (Lipinski definition) is 4. The van der Waals surface area contributed by atoms with E-state index in [1.54, 1.807) is 18.2 Å². The van der Waals surface area contributed by atoms with E-state index in [1.807, 2.05) is 6.07 Å². The highest BCUT2D eigenvalue weighted by Gasteiger charge is 2.18. The first-order chi connectivity index (χ1) is 12.5. The maximum Gasteiger partial charge on any atom is 0.336 e. The standard InChI is InChI=1S/C20H22N4O2/c1-13-11-14(24-9-7-23(2)8-10-24)12-17-18(13)22-19(21-17)15-5-3-4-6-16(15)20(25)26/h3-6,11-12H,7-10H2,1-2H3,(H,21,22)(H,25,26). The predicted octanol–water partition coefficient (Wildman–Crippen LogP) is 2.99. The number of fused-ring (bicyclic) bond motifs is 1. The molecule has 3 aromatic rings. The Kier molecular flexibility index (Phi) is 4.12. The first kappa shape index (κ1) is 16.6. The van der Waals surface area contributed by atoms with Crippen LogP contribution in [0.15, 0.2) is 36.4 Å². The Bertz CT molecular complexity index is 971. The average Bonchev–Trinajstić information content (AvgIpc) is 3.07. The number of likely N-dealkylation sites (N-methyl/N-ethyl adjacent to an activating group) is 1. The molecular formula is C20H22N4O2. The number of carbonyl (C=O) groups is 1. The number of aromatic carboxylic acids is 1. The van der Waals surface area contributed by atoms with Crippen LogP contribution in [0.1, 0.15) is 15.9 Å². The minimum absolute atomic E-state index is 0.253. The summed E-state index contributed by atoms with van der Waals surface area (Å²) in [6, 6.07) is 11.2. The number of benzene rings is 2. The minimum Gasteiger partial charge on any atom is -0.478 e. The number of hydrogen-bond donors (Lipinski definition) is 2. The van der Waals surface area contributed by atoms with Gasteiger partial charge in [0.05, 0.1) is 16.6 Å². The molecule has 1 fully saturated rings. The summed E-state index contributed by atoms with van der Waals surface area (Å²) in [6.07, 6.45) is 0. The summed E-state index contributed by atoms with van der Waals surface area (Å²) in [5, 5.41) is 9.44. The normalized spacial score (nSPS) is 15.5. The van der Waals surface area contributed by atoms with Gasteiger partial charge in [0.2, 0.25) is 0 Å². The number of piperazine rings is 1. The second-order valence-corrected chi connectivity index (χ2v) is 6.89. The van der Waals surface area contributed by atoms with Gasteiger partial charge in [-0.25, -0.2) is 9.78 Å². The van der Waals surface area contributed by atoms with Crippen molar-refractivity contribution in [2.24, 2.45) is 0 Å². The van der Waals surface area contributed by atoms with Crippen molar-refractivity contribution in [3.05, 3.63) is 47.5 Å². The predicted molar refractivity (Wildman–Crippen MR) is 103 cm³/mol. The van der Waals surface area contributed by atoms with E-state index >= 15 is 0 Å². The topological polar surface area (TPSA) is 72.5 Å². The van der Waals surface area contributed by atoms with Crippen molar-refractivity contribution < 1.29 is 9.90 Å². The van der Waals surface area contributed by atoms with Gasteiger partial charge in [-0.1, -0.05) is 18.2 Å². The van der Waals surface area contributed by atoms with Crippen molar-refractivity contribution in [1.29, 1.82) is 0 Å². The second kappa shape index (κ2) is 6.46. The van der Waals surface area contributed by atoms with Crippen LogP contribution in [-0.4, -0.2) is 59.2 Å². The molecule has 4 rings (SSSR count). The third-order valence-corrected chi connectivity index (χ3v) is 5.04. The zero-order valence-electron chi connectivity index (χ0n) is 15.0. The highest BCUT2D eigenvalue weighted by Crippen LogP contribution is 2.29. The summed E-state index contributed by atoms with van der Waals surface area (Å²) in [7, 11) is 2.15. The fraction of sp³-hybridized carbons (Fsp3) is 0.300. The third-order valence-electron chi connectivity index (χ3n) is 5.04. The Labute approximate surface area is 152 Å². The fourth-order valence-corrected chi connectivity index (χ4v) is 3.52. The Morgan fingerprint density at radius 2 is 1.88 bits per heavy atom. The number of aromatic nitrogens is 2. The zero-order chi connectivity index (χ0) is 18.3. The molecule has 0 amide bonds. The van der Waals surface area contributed by atoms with Crippen LogP contribution in [0.4, 0.5) is 5.69 Å². The van der Waals surface area contributed by atoms with E-state index in [2.05, 4.69) is 45.9 Å². The quantitative estimate of drug-likeness (QED) is 0.760. The summed E-state index contributed by atoms with van der Waals surface area (Å²) in [5.41, 5.74) is 4.96. The monoisotopic (exact) mass is 350 g/mol. The lowest BCUT2D eigenvalue weighted by Gasteiger charge is -2.34. The number of imidazole rings is 1. The number of nitrogens with zero attached hydrogens (tertiary/aromatic N) is 3. The molecule has 0 atom stereocenters. The van der Waals surface area contributed by atoms with Crippen molar-refractivity contribution in [1.82, 2.24) is 14.9 Å². The van der Waals surface area contributed by atoms with E-state index in [1.165, 1.54) is 5.69 Å². The lowest BCUT2D eigenvalue weighted by molar-refractivity contribution is 0.0697. The van der Waals surface area contributed by atoms with E-state index in [0.717, 1.165) is 42.8 Å². The SMILES string of the molecule is Cc1cc(N2CCN(C)CC2)cc2[nH]c(-c3ccccc3C(=O)O)nc12. The van der Waals surface area contributed by atoms with E-state index in [4.69, 9.17) is 0 Å². The molecule has 2 heterocycles. The molecule has 134 valence electrons. The Morgan fingerprint density at radius 1 is 1.15 bits per heavy atom. The molecule has 0 aliphatic carbocycles. The van der Waals surface area contributed by atoms with Crippen LogP contribution >= 0.6 is 0 Å². The molecule has 1 aliphatic heterocycles. The molecule has 0 saturated carbocycles. The van der Waals surface area contributed by atoms with Gasteiger partial charge in [-0.15, -0.1) is 0 Å². The maximum atomic E-state index is 11.5. The Balaban J connectivity index is 1.76. The van der Waals surface area contributed by atoms with Crippen LogP contribution in [0.5, 0.6) is 0 Å². The van der Waals surface area contributed by atoms with Gasteiger partial charge < -0.3 is 19.9 Å². The molecule has 0 unspecified atom stereocenters. The van der Waals surface area contributed by atoms with Crippen LogP contribution in [0, 0.1) is 6.92 Å². The Hall–Kier alpha value is -2.86. The Morgan fingerprint density at radius 3 is 2.62 bits per heavy atom. The first-order valence-corrected chi connectivity index (χ1v) is 8.79. The van der Waals surface area contributed by atoms with Crippen LogP contribution in [0.2, 0.25) is 0 Å². The molecule has 2 aromatic carbocycles. The van der Waals surface area contributed by atoms with Gasteiger partial charge in [0.15, 0.2) is 0 Å². The lowest BCUT2D eigenvalue weighted by atomic mass is 10.1. The summed E-state index contributed by atoms with van der Waals surface area (Å²) in [4.78, 5) is 24.2. The maximum absolute atomic E-state index is 11.5. The number of rotatable bonds is 3. The summed E-state index contributed by atoms with van der Waals surface area (Å²) in [5.74, 6) is -0.354. The number of nitrogens with one attached hydrogen (secondary N) is 1. The molecule has 0 spiro atoms. The van der Waals surface area contributed by atoms with Crippen molar-refractivity contribution in [3.8, 4) is 11.4 Å². The summed E-state index contributed by atoms with van der Waals surface area (Å²) in [6.45, 7) is 6.17. The van der Waals surface area contributed by atoms with Gasteiger partial charge in [0, 0.05) is 37.4 Å². The number of anilines is 1. The van der Waals surface area contributed by atoms with Crippen LogP contribution in [0.3, 0.4) is 0 Å². The molecule has 26 heavy (non-hydrogen) atoms. The van der Waals surface area contributed by atoms with Gasteiger partial charge in [-0.3, -0.25) is 0 Å². The smallest absolute Gasteiger partial charge is 0.336 e. The molecule has 1 aromatic heterocycles. The first-order valence-electron chi connectivity index (χ1n) is 8.79. The number of aryl methyl sites for hydroxylation is 1. The van der Waals surface area contributed by atoms with Crippen molar-refractivity contribution in [2.75, 3.05) is 38.1 Å². The van der Waals surface area contributed by atoms with Gasteiger partial charge in [-0.05, 0) is 37.7 Å². The number of carboxylic acids is 1. The number of carboxylic acid groups (broad SMARTS) is 1. The molecule has 1 aliphatic rings. The molecule has 6 nitrogen and oxygen atoms in total. The summed E-state index contributed by atoms with van der Waals surface area (Å²) < 4.78 is 0. The van der Waals surface area contributed by atoms with Crippen LogP contribution in [-0.2, 0) is 0 Å². The van der Waals surface area contributed by atoms with Crippen LogP contribution in [0.25, 0.3) is 22.4 Å². The largest absolute Gasteiger partial charge is 0.478 e. The van der Waals surface area contributed by atoms with E-state index < -0.39 is 5.97 Å². The van der Waals surface area contributed by atoms with Gasteiger partial charge >= 0.3 is 5.97 Å². The lowest BCUT2D eigenvalue weighted by Crippen LogP contribution is -2.44. The van der Waals surface area contributed by atoms with Gasteiger partial charge in [0.1, 0.15) is 5.82 Å². The average molecular weight is 350 g/mol. The van der Waals surface area contributed by atoms with E-state index in [0.29, 0.717) is 11.4 Å². The van der Waals surface area contributed by atoms with Gasteiger partial charge in [0.25, 0.3) is 0 Å². The number of aromatic amines is 1. The molecule has 0 radical (unpaired) electrons. The highest BCUT2D eigenvalue weighted by atomic mass is 16.4. The second-order valence-electron chi connectivity index (χ2n) is 6.89. The number of H-pyrrole nitrogens is 1. The minimum atomic E-state index is -0.948. The van der Waals surface area contributed by atoms with Crippen molar-refractivity contribution in [3.63, 3.8) is 0 Å². The molecule has 2 N–H and O–H groups in total. The fourth-order valence-electron chi connectivity index (χ4n) is 3.52. The van der Waals surface area contributed by atoms with Gasteiger partial charge in [-0.2, -0.15) is 0 Å². The molecule has 0 bridgehead atoms. The van der Waals surface area contributed by atoms with E-state index in [-0.39, 0.29) is 5.56 Å². The highest BCUT2D eigenvalue weighted by molar-refractivity contribution is 5.96. The third kappa shape index (κ3) is 2.93.